The van der Waals surface area contributed by atoms with Crippen LogP contribution in [0.5, 0.6) is 5.75 Å². The lowest BCUT2D eigenvalue weighted by atomic mass is 10.3. The Balaban J connectivity index is 1.53. The molecule has 0 saturated carbocycles. The second-order valence-electron chi connectivity index (χ2n) is 6.25. The summed E-state index contributed by atoms with van der Waals surface area (Å²) < 4.78 is 32.7. The maximum absolute atomic E-state index is 12.4. The van der Waals surface area contributed by atoms with Crippen LogP contribution in [0.3, 0.4) is 0 Å². The molecule has 0 aliphatic rings. The van der Waals surface area contributed by atoms with Crippen molar-refractivity contribution in [3.8, 4) is 5.75 Å². The van der Waals surface area contributed by atoms with Gasteiger partial charge in [-0.25, -0.2) is 23.1 Å². The van der Waals surface area contributed by atoms with Gasteiger partial charge in [-0.15, -0.1) is 0 Å². The molecule has 1 aromatic heterocycles. The largest absolute Gasteiger partial charge is 0.493 e. The maximum atomic E-state index is 12.4. The quantitative estimate of drug-likeness (QED) is 0.546. The zero-order valence-corrected chi connectivity index (χ0v) is 17.6. The van der Waals surface area contributed by atoms with E-state index in [1.807, 2.05) is 0 Å². The number of carbonyl (C=O) groups excluding carboxylic acids is 1. The molecule has 0 atom stereocenters. The third kappa shape index (κ3) is 6.16. The number of carbonyl (C=O) groups is 1. The van der Waals surface area contributed by atoms with E-state index in [4.69, 9.17) is 16.3 Å². The first-order valence-electron chi connectivity index (χ1n) is 8.92. The lowest BCUT2D eigenvalue weighted by Gasteiger charge is -2.09. The van der Waals surface area contributed by atoms with Crippen molar-refractivity contribution in [2.75, 3.05) is 16.6 Å². The minimum Gasteiger partial charge on any atom is -0.493 e. The Morgan fingerprint density at radius 2 is 1.77 bits per heavy atom. The minimum atomic E-state index is -3.84. The SMILES string of the molecule is Cc1ccnc(NS(=O)(=O)c2ccc(NC(=O)CCOc3ccc(Cl)cc3)cc2)n1. The van der Waals surface area contributed by atoms with Crippen molar-refractivity contribution < 1.29 is 17.9 Å². The number of nitrogens with zero attached hydrogens (tertiary/aromatic N) is 2. The van der Waals surface area contributed by atoms with Crippen LogP contribution in [0.25, 0.3) is 0 Å². The van der Waals surface area contributed by atoms with Gasteiger partial charge in [0.2, 0.25) is 11.9 Å². The Hall–Kier alpha value is -3.17. The summed E-state index contributed by atoms with van der Waals surface area (Å²) in [6, 6.07) is 14.3. The predicted molar refractivity (Wildman–Crippen MR) is 114 cm³/mol. The van der Waals surface area contributed by atoms with Gasteiger partial charge in [0, 0.05) is 22.6 Å². The fraction of sp³-hybridized carbons (Fsp3) is 0.150. The number of aromatic nitrogens is 2. The van der Waals surface area contributed by atoms with Crippen LogP contribution in [0, 0.1) is 6.92 Å². The highest BCUT2D eigenvalue weighted by atomic mass is 35.5. The summed E-state index contributed by atoms with van der Waals surface area (Å²) >= 11 is 5.80. The maximum Gasteiger partial charge on any atom is 0.264 e. The Kier molecular flexibility index (Phi) is 6.86. The number of sulfonamides is 1. The molecule has 1 heterocycles. The van der Waals surface area contributed by atoms with Gasteiger partial charge in [-0.3, -0.25) is 4.79 Å². The van der Waals surface area contributed by atoms with E-state index in [0.717, 1.165) is 0 Å². The third-order valence-corrected chi connectivity index (χ3v) is 5.48. The Labute approximate surface area is 179 Å². The Bertz CT molecular complexity index is 1120. The molecule has 3 aromatic rings. The topological polar surface area (TPSA) is 110 Å². The van der Waals surface area contributed by atoms with E-state index in [-0.39, 0.29) is 29.8 Å². The summed E-state index contributed by atoms with van der Waals surface area (Å²) in [5.74, 6) is 0.353. The van der Waals surface area contributed by atoms with Crippen LogP contribution in [0.1, 0.15) is 12.1 Å². The summed E-state index contributed by atoms with van der Waals surface area (Å²) in [6.45, 7) is 1.93. The van der Waals surface area contributed by atoms with Crippen LogP contribution in [0.15, 0.2) is 65.7 Å². The molecule has 1 amide bonds. The summed E-state index contributed by atoms with van der Waals surface area (Å²) in [5.41, 5.74) is 1.11. The number of anilines is 2. The molecule has 3 rings (SSSR count). The monoisotopic (exact) mass is 446 g/mol. The molecule has 0 bridgehead atoms. The standard InChI is InChI=1S/C20H19ClN4O4S/c1-14-10-12-22-20(23-14)25-30(27,28)18-8-4-16(5-9-18)24-19(26)11-13-29-17-6-2-15(21)3-7-17/h2-10,12H,11,13H2,1H3,(H,24,26)(H,22,23,25). The lowest BCUT2D eigenvalue weighted by Crippen LogP contribution is -2.16. The Morgan fingerprint density at radius 1 is 1.07 bits per heavy atom. The molecule has 0 aliphatic carbocycles. The van der Waals surface area contributed by atoms with Crippen molar-refractivity contribution in [1.29, 1.82) is 0 Å². The van der Waals surface area contributed by atoms with Gasteiger partial charge in [-0.05, 0) is 61.5 Å². The first-order valence-corrected chi connectivity index (χ1v) is 10.8. The van der Waals surface area contributed by atoms with Gasteiger partial charge in [-0.2, -0.15) is 0 Å². The molecule has 10 heteroatoms. The van der Waals surface area contributed by atoms with Crippen LogP contribution in [0.2, 0.25) is 5.02 Å². The molecule has 156 valence electrons. The molecule has 0 spiro atoms. The molecule has 8 nitrogen and oxygen atoms in total. The third-order valence-electron chi connectivity index (χ3n) is 3.88. The highest BCUT2D eigenvalue weighted by Gasteiger charge is 2.16. The van der Waals surface area contributed by atoms with Gasteiger partial charge < -0.3 is 10.1 Å². The number of aryl methyl sites for hydroxylation is 1. The summed E-state index contributed by atoms with van der Waals surface area (Å²) in [7, 11) is -3.84. The van der Waals surface area contributed by atoms with E-state index >= 15 is 0 Å². The minimum absolute atomic E-state index is 0.00642. The van der Waals surface area contributed by atoms with Gasteiger partial charge in [0.15, 0.2) is 0 Å². The van der Waals surface area contributed by atoms with E-state index in [1.165, 1.54) is 30.5 Å². The second kappa shape index (κ2) is 9.55. The number of rotatable bonds is 8. The van der Waals surface area contributed by atoms with E-state index < -0.39 is 10.0 Å². The van der Waals surface area contributed by atoms with Gasteiger partial charge in [0.25, 0.3) is 10.0 Å². The van der Waals surface area contributed by atoms with Gasteiger partial charge in [0.05, 0.1) is 17.9 Å². The van der Waals surface area contributed by atoms with E-state index in [1.54, 1.807) is 37.3 Å². The average Bonchev–Trinajstić information content (AvgIpc) is 2.69. The van der Waals surface area contributed by atoms with Crippen LogP contribution in [-0.4, -0.2) is 30.9 Å². The van der Waals surface area contributed by atoms with Crippen molar-refractivity contribution in [3.63, 3.8) is 0 Å². The van der Waals surface area contributed by atoms with Crippen molar-refractivity contribution in [2.24, 2.45) is 0 Å². The molecule has 0 unspecified atom stereocenters. The van der Waals surface area contributed by atoms with E-state index in [0.29, 0.717) is 22.2 Å². The zero-order chi connectivity index (χ0) is 21.6. The first-order chi connectivity index (χ1) is 14.3. The highest BCUT2D eigenvalue weighted by Crippen LogP contribution is 2.18. The van der Waals surface area contributed by atoms with Gasteiger partial charge >= 0.3 is 0 Å². The Morgan fingerprint density at radius 3 is 2.43 bits per heavy atom. The van der Waals surface area contributed by atoms with Crippen LogP contribution in [-0.2, 0) is 14.8 Å². The van der Waals surface area contributed by atoms with Crippen LogP contribution in [0.4, 0.5) is 11.6 Å². The predicted octanol–water partition coefficient (Wildman–Crippen LogP) is 3.65. The van der Waals surface area contributed by atoms with Gasteiger partial charge in [-0.1, -0.05) is 11.6 Å². The molecular formula is C20H19ClN4O4S. The number of nitrogens with one attached hydrogen (secondary N) is 2. The van der Waals surface area contributed by atoms with Crippen molar-refractivity contribution in [1.82, 2.24) is 9.97 Å². The number of hydrogen-bond donors (Lipinski definition) is 2. The van der Waals surface area contributed by atoms with Crippen LogP contribution < -0.4 is 14.8 Å². The van der Waals surface area contributed by atoms with E-state index in [2.05, 4.69) is 20.0 Å². The summed E-state index contributed by atoms with van der Waals surface area (Å²) in [5, 5.41) is 3.30. The second-order valence-corrected chi connectivity index (χ2v) is 8.37. The summed E-state index contributed by atoms with van der Waals surface area (Å²) in [4.78, 5) is 20.0. The van der Waals surface area contributed by atoms with Gasteiger partial charge in [0.1, 0.15) is 5.75 Å². The molecule has 0 saturated heterocycles. The number of ether oxygens (including phenoxy) is 1. The molecule has 30 heavy (non-hydrogen) atoms. The smallest absolute Gasteiger partial charge is 0.264 e. The molecular weight excluding hydrogens is 428 g/mol. The lowest BCUT2D eigenvalue weighted by molar-refractivity contribution is -0.116. The fourth-order valence-electron chi connectivity index (χ4n) is 2.41. The molecule has 0 radical (unpaired) electrons. The molecule has 0 fully saturated rings. The number of benzene rings is 2. The summed E-state index contributed by atoms with van der Waals surface area (Å²) in [6.07, 6.45) is 1.60. The normalized spacial score (nSPS) is 11.0. The molecule has 2 N–H and O–H groups in total. The van der Waals surface area contributed by atoms with Crippen molar-refractivity contribution in [3.05, 3.63) is 71.5 Å². The molecule has 2 aromatic carbocycles. The average molecular weight is 447 g/mol. The van der Waals surface area contributed by atoms with Crippen LogP contribution >= 0.6 is 11.6 Å². The molecule has 0 aliphatic heterocycles. The first kappa shape index (κ1) is 21.5. The zero-order valence-electron chi connectivity index (χ0n) is 16.0. The number of amides is 1. The van der Waals surface area contributed by atoms with E-state index in [9.17, 15) is 13.2 Å². The van der Waals surface area contributed by atoms with Crippen molar-refractivity contribution in [2.45, 2.75) is 18.2 Å². The highest BCUT2D eigenvalue weighted by molar-refractivity contribution is 7.92. The van der Waals surface area contributed by atoms with Crippen molar-refractivity contribution >= 4 is 39.2 Å². The fourth-order valence-corrected chi connectivity index (χ4v) is 3.49. The number of hydrogen-bond acceptors (Lipinski definition) is 6. The number of halogens is 1.